The first-order chi connectivity index (χ1) is 15.3. The first-order valence-corrected chi connectivity index (χ1v) is 11.2. The van der Waals surface area contributed by atoms with Gasteiger partial charge >= 0.3 is 0 Å². The summed E-state index contributed by atoms with van der Waals surface area (Å²) in [7, 11) is 0. The number of anilines is 2. The van der Waals surface area contributed by atoms with Gasteiger partial charge in [0.05, 0.1) is 21.9 Å². The molecule has 0 aromatic heterocycles. The standard InChI is InChI=1S/C23H14BrCl2FN2O3/c24-17-8-12(6-7-18(17)27)20-19-21(32-29(20)15-4-2-1-3-5-15)23(31)28(22(19)30)16-10-13(25)9-14(26)11-16/h1-11,19-21H/t19-,20-,21-/m1/s1. The van der Waals surface area contributed by atoms with Gasteiger partial charge in [0.25, 0.3) is 5.91 Å². The van der Waals surface area contributed by atoms with Crippen LogP contribution in [0.1, 0.15) is 11.6 Å². The van der Waals surface area contributed by atoms with E-state index in [9.17, 15) is 14.0 Å². The molecule has 3 atom stereocenters. The number of nitrogens with zero attached hydrogens (tertiary/aromatic N) is 2. The fraction of sp³-hybridized carbons (Fsp3) is 0.130. The van der Waals surface area contributed by atoms with E-state index >= 15 is 0 Å². The number of rotatable bonds is 3. The molecule has 9 heteroatoms. The first kappa shape index (κ1) is 21.4. The van der Waals surface area contributed by atoms with Crippen LogP contribution in [-0.2, 0) is 14.4 Å². The number of hydrogen-bond acceptors (Lipinski definition) is 4. The molecule has 32 heavy (non-hydrogen) atoms. The van der Waals surface area contributed by atoms with Gasteiger partial charge in [0.1, 0.15) is 11.7 Å². The van der Waals surface area contributed by atoms with Crippen molar-refractivity contribution in [1.29, 1.82) is 0 Å². The normalized spacial score (nSPS) is 22.6. The second-order valence-corrected chi connectivity index (χ2v) is 9.20. The molecule has 0 aliphatic carbocycles. The first-order valence-electron chi connectivity index (χ1n) is 9.65. The van der Waals surface area contributed by atoms with Crippen LogP contribution in [-0.4, -0.2) is 17.9 Å². The van der Waals surface area contributed by atoms with Crippen molar-refractivity contribution in [3.63, 3.8) is 0 Å². The van der Waals surface area contributed by atoms with Gasteiger partial charge in [0, 0.05) is 10.0 Å². The van der Waals surface area contributed by atoms with Crippen molar-refractivity contribution in [2.24, 2.45) is 5.92 Å². The summed E-state index contributed by atoms with van der Waals surface area (Å²) in [6.07, 6.45) is -1.05. The third-order valence-electron chi connectivity index (χ3n) is 5.52. The highest BCUT2D eigenvalue weighted by atomic mass is 79.9. The number of benzene rings is 3. The molecule has 5 nitrogen and oxygen atoms in total. The summed E-state index contributed by atoms with van der Waals surface area (Å²) in [4.78, 5) is 34.0. The van der Waals surface area contributed by atoms with Gasteiger partial charge in [-0.25, -0.2) is 14.4 Å². The van der Waals surface area contributed by atoms with E-state index in [-0.39, 0.29) is 10.2 Å². The van der Waals surface area contributed by atoms with Crippen LogP contribution in [0.15, 0.2) is 71.2 Å². The highest BCUT2D eigenvalue weighted by Crippen LogP contribution is 2.48. The number of carbonyl (C=O) groups excluding carboxylic acids is 2. The highest BCUT2D eigenvalue weighted by molar-refractivity contribution is 9.10. The lowest BCUT2D eigenvalue weighted by atomic mass is 9.90. The Bertz CT molecular complexity index is 1220. The molecule has 2 amide bonds. The molecule has 5 rings (SSSR count). The van der Waals surface area contributed by atoms with Crippen molar-refractivity contribution < 1.29 is 18.8 Å². The average Bonchev–Trinajstić information content (AvgIpc) is 3.26. The van der Waals surface area contributed by atoms with E-state index in [1.165, 1.54) is 24.3 Å². The minimum Gasteiger partial charge on any atom is -0.273 e. The van der Waals surface area contributed by atoms with Gasteiger partial charge in [-0.15, -0.1) is 0 Å². The van der Waals surface area contributed by atoms with Crippen LogP contribution in [0.3, 0.4) is 0 Å². The van der Waals surface area contributed by atoms with Crippen molar-refractivity contribution in [2.45, 2.75) is 12.1 Å². The number of hydroxylamine groups is 1. The molecule has 0 spiro atoms. The van der Waals surface area contributed by atoms with E-state index in [4.69, 9.17) is 28.0 Å². The minimum absolute atomic E-state index is 0.252. The predicted octanol–water partition coefficient (Wildman–Crippen LogP) is 5.95. The lowest BCUT2D eigenvalue weighted by Gasteiger charge is -2.29. The zero-order valence-corrected chi connectivity index (χ0v) is 19.3. The Balaban J connectivity index is 1.61. The zero-order chi connectivity index (χ0) is 22.6. The maximum absolute atomic E-state index is 13.9. The van der Waals surface area contributed by atoms with Gasteiger partial charge in [0.15, 0.2) is 6.10 Å². The van der Waals surface area contributed by atoms with E-state index in [0.29, 0.717) is 21.3 Å². The molecule has 2 saturated heterocycles. The van der Waals surface area contributed by atoms with Gasteiger partial charge in [-0.2, -0.15) is 0 Å². The number of para-hydroxylation sites is 1. The molecule has 0 N–H and O–H groups in total. The summed E-state index contributed by atoms with van der Waals surface area (Å²) in [6, 6.07) is 17.5. The van der Waals surface area contributed by atoms with Crippen molar-refractivity contribution in [1.82, 2.24) is 0 Å². The molecule has 0 saturated carbocycles. The smallest absolute Gasteiger partial charge is 0.266 e. The van der Waals surface area contributed by atoms with Crippen LogP contribution in [0.4, 0.5) is 15.8 Å². The van der Waals surface area contributed by atoms with Crippen LogP contribution in [0, 0.1) is 11.7 Å². The Morgan fingerprint density at radius 2 is 1.56 bits per heavy atom. The molecule has 0 radical (unpaired) electrons. The largest absolute Gasteiger partial charge is 0.273 e. The quantitative estimate of drug-likeness (QED) is 0.389. The fourth-order valence-electron chi connectivity index (χ4n) is 4.17. The van der Waals surface area contributed by atoms with Crippen LogP contribution < -0.4 is 9.96 Å². The maximum Gasteiger partial charge on any atom is 0.266 e. The zero-order valence-electron chi connectivity index (χ0n) is 16.2. The molecule has 0 bridgehead atoms. The van der Waals surface area contributed by atoms with Crippen molar-refractivity contribution in [3.8, 4) is 0 Å². The summed E-state index contributed by atoms with van der Waals surface area (Å²) < 4.78 is 14.2. The van der Waals surface area contributed by atoms with Crippen LogP contribution in [0.2, 0.25) is 10.0 Å². The predicted molar refractivity (Wildman–Crippen MR) is 123 cm³/mol. The third kappa shape index (κ3) is 3.49. The SMILES string of the molecule is O=C1[C@@H]2[C@@H](c3ccc(F)c(Br)c3)N(c3ccccc3)O[C@H]2C(=O)N1c1cc(Cl)cc(Cl)c1. The lowest BCUT2D eigenvalue weighted by Crippen LogP contribution is -2.37. The molecule has 2 aliphatic rings. The molecule has 3 aromatic rings. The van der Waals surface area contributed by atoms with E-state index < -0.39 is 35.7 Å². The number of amides is 2. The van der Waals surface area contributed by atoms with Crippen LogP contribution in [0.25, 0.3) is 0 Å². The molecule has 2 heterocycles. The van der Waals surface area contributed by atoms with E-state index in [1.54, 1.807) is 17.2 Å². The Morgan fingerprint density at radius 1 is 0.875 bits per heavy atom. The van der Waals surface area contributed by atoms with Gasteiger partial charge in [-0.3, -0.25) is 14.4 Å². The Kier molecular flexibility index (Phi) is 5.45. The topological polar surface area (TPSA) is 49.9 Å². The number of halogens is 4. The second kappa shape index (κ2) is 8.15. The number of hydrogen-bond donors (Lipinski definition) is 0. The summed E-state index contributed by atoms with van der Waals surface area (Å²) >= 11 is 15.4. The lowest BCUT2D eigenvalue weighted by molar-refractivity contribution is -0.126. The van der Waals surface area contributed by atoms with Crippen LogP contribution >= 0.6 is 39.1 Å². The fourth-order valence-corrected chi connectivity index (χ4v) is 5.08. The van der Waals surface area contributed by atoms with Gasteiger partial charge in [0.2, 0.25) is 5.91 Å². The third-order valence-corrected chi connectivity index (χ3v) is 6.56. The Labute approximate surface area is 201 Å². The Morgan fingerprint density at radius 3 is 2.22 bits per heavy atom. The molecule has 162 valence electrons. The summed E-state index contributed by atoms with van der Waals surface area (Å²) in [5.41, 5.74) is 1.58. The molecule has 2 aliphatic heterocycles. The second-order valence-electron chi connectivity index (χ2n) is 7.47. The highest BCUT2D eigenvalue weighted by Gasteiger charge is 2.60. The number of imide groups is 1. The van der Waals surface area contributed by atoms with Gasteiger partial charge in [-0.1, -0.05) is 47.5 Å². The van der Waals surface area contributed by atoms with Crippen molar-refractivity contribution in [3.05, 3.63) is 92.6 Å². The summed E-state index contributed by atoms with van der Waals surface area (Å²) in [5, 5.41) is 2.15. The molecular formula is C23H14BrCl2FN2O3. The molecule has 0 unspecified atom stereocenters. The number of fused-ring (bicyclic) bond motifs is 1. The molecule has 2 fully saturated rings. The van der Waals surface area contributed by atoms with Crippen molar-refractivity contribution >= 4 is 62.3 Å². The van der Waals surface area contributed by atoms with Gasteiger partial charge < -0.3 is 0 Å². The maximum atomic E-state index is 13.9. The Hall–Kier alpha value is -2.45. The van der Waals surface area contributed by atoms with E-state index in [0.717, 1.165) is 4.90 Å². The summed E-state index contributed by atoms with van der Waals surface area (Å²) in [6.45, 7) is 0. The van der Waals surface area contributed by atoms with Crippen LogP contribution in [0.5, 0.6) is 0 Å². The average molecular weight is 536 g/mol. The van der Waals surface area contributed by atoms with E-state index in [1.807, 2.05) is 30.3 Å². The monoisotopic (exact) mass is 534 g/mol. The van der Waals surface area contributed by atoms with Gasteiger partial charge in [-0.05, 0) is 64.0 Å². The van der Waals surface area contributed by atoms with Crippen molar-refractivity contribution in [2.75, 3.05) is 9.96 Å². The van der Waals surface area contributed by atoms with E-state index in [2.05, 4.69) is 15.9 Å². The molecule has 3 aromatic carbocycles. The minimum atomic E-state index is -1.05. The number of carbonyl (C=O) groups is 2. The molecular weight excluding hydrogens is 522 g/mol. The summed E-state index contributed by atoms with van der Waals surface area (Å²) in [5.74, 6) is -2.23.